The zero-order chi connectivity index (χ0) is 13.4. The molecule has 0 aliphatic carbocycles. The Labute approximate surface area is 108 Å². The molecule has 2 heterocycles. The monoisotopic (exact) mass is 258 g/mol. The van der Waals surface area contributed by atoms with Gasteiger partial charge in [-0.3, -0.25) is 5.10 Å². The lowest BCUT2D eigenvalue weighted by molar-refractivity contribution is 0.589. The van der Waals surface area contributed by atoms with Gasteiger partial charge in [-0.2, -0.15) is 4.98 Å². The van der Waals surface area contributed by atoms with Crippen molar-refractivity contribution < 1.29 is 8.81 Å². The van der Waals surface area contributed by atoms with Crippen LogP contribution in [0.25, 0.3) is 22.9 Å². The molecule has 96 valence electrons. The Kier molecular flexibility index (Phi) is 2.56. The van der Waals surface area contributed by atoms with Crippen LogP contribution in [0.2, 0.25) is 0 Å². The van der Waals surface area contributed by atoms with E-state index >= 15 is 0 Å². The molecular formula is C13H11FN4O. The number of hydrogen-bond donors (Lipinski definition) is 2. The fraction of sp³-hybridized carbons (Fsp3) is 0.0769. The van der Waals surface area contributed by atoms with E-state index in [1.165, 1.54) is 12.1 Å². The van der Waals surface area contributed by atoms with Gasteiger partial charge in [-0.15, -0.1) is 5.10 Å². The molecule has 3 N–H and O–H groups in total. The van der Waals surface area contributed by atoms with Crippen LogP contribution in [0.15, 0.2) is 34.7 Å². The van der Waals surface area contributed by atoms with Crippen LogP contribution >= 0.6 is 0 Å². The zero-order valence-electron chi connectivity index (χ0n) is 10.1. The fourth-order valence-electron chi connectivity index (χ4n) is 1.85. The van der Waals surface area contributed by atoms with Gasteiger partial charge in [-0.05, 0) is 36.8 Å². The molecule has 0 spiro atoms. The van der Waals surface area contributed by atoms with Crippen molar-refractivity contribution in [2.75, 3.05) is 5.73 Å². The normalized spacial score (nSPS) is 10.8. The van der Waals surface area contributed by atoms with Gasteiger partial charge in [0.15, 0.2) is 11.6 Å². The van der Waals surface area contributed by atoms with E-state index in [0.29, 0.717) is 22.9 Å². The summed E-state index contributed by atoms with van der Waals surface area (Å²) in [6.45, 7) is 1.89. The Balaban J connectivity index is 2.03. The van der Waals surface area contributed by atoms with Crippen molar-refractivity contribution in [2.24, 2.45) is 0 Å². The highest BCUT2D eigenvalue weighted by Gasteiger charge is 2.12. The third-order valence-electron chi connectivity index (χ3n) is 2.81. The molecule has 0 saturated carbocycles. The van der Waals surface area contributed by atoms with Crippen LogP contribution in [-0.4, -0.2) is 15.2 Å². The number of nitrogens with one attached hydrogen (secondary N) is 1. The Bertz CT molecular complexity index is 732. The molecule has 0 unspecified atom stereocenters. The second-order valence-electron chi connectivity index (χ2n) is 4.17. The van der Waals surface area contributed by atoms with Crippen molar-refractivity contribution >= 4 is 5.95 Å². The first kappa shape index (κ1) is 11.5. The maximum Gasteiger partial charge on any atom is 0.239 e. The predicted molar refractivity (Wildman–Crippen MR) is 68.6 cm³/mol. The van der Waals surface area contributed by atoms with E-state index in [0.717, 1.165) is 5.56 Å². The summed E-state index contributed by atoms with van der Waals surface area (Å²) in [5.41, 5.74) is 7.07. The number of aromatic nitrogens is 3. The second kappa shape index (κ2) is 4.24. The average molecular weight is 258 g/mol. The van der Waals surface area contributed by atoms with Crippen LogP contribution in [0.3, 0.4) is 0 Å². The molecule has 19 heavy (non-hydrogen) atoms. The van der Waals surface area contributed by atoms with Crippen molar-refractivity contribution in [3.05, 3.63) is 41.7 Å². The Morgan fingerprint density at radius 1 is 1.21 bits per heavy atom. The third kappa shape index (κ3) is 2.08. The number of halogens is 1. The number of H-pyrrole nitrogens is 1. The minimum absolute atomic E-state index is 0.148. The molecule has 0 aliphatic rings. The lowest BCUT2D eigenvalue weighted by atomic mass is 10.1. The van der Waals surface area contributed by atoms with E-state index in [1.54, 1.807) is 18.2 Å². The van der Waals surface area contributed by atoms with Gasteiger partial charge in [0, 0.05) is 5.56 Å². The van der Waals surface area contributed by atoms with Crippen LogP contribution in [0.4, 0.5) is 10.3 Å². The second-order valence-corrected chi connectivity index (χ2v) is 4.17. The van der Waals surface area contributed by atoms with Crippen molar-refractivity contribution in [1.29, 1.82) is 0 Å². The quantitative estimate of drug-likeness (QED) is 0.740. The van der Waals surface area contributed by atoms with E-state index in [1.807, 2.05) is 6.92 Å². The Morgan fingerprint density at radius 3 is 2.74 bits per heavy atom. The molecule has 0 fully saturated rings. The van der Waals surface area contributed by atoms with Gasteiger partial charge in [0.2, 0.25) is 5.95 Å². The van der Waals surface area contributed by atoms with Crippen LogP contribution in [-0.2, 0) is 0 Å². The highest BCUT2D eigenvalue weighted by Crippen LogP contribution is 2.29. The molecule has 3 rings (SSSR count). The molecule has 6 heteroatoms. The smallest absolute Gasteiger partial charge is 0.239 e. The summed E-state index contributed by atoms with van der Waals surface area (Å²) >= 11 is 0. The lowest BCUT2D eigenvalue weighted by Gasteiger charge is -2.02. The average Bonchev–Trinajstić information content (AvgIpc) is 3.00. The Morgan fingerprint density at radius 2 is 2.00 bits per heavy atom. The number of anilines is 1. The molecule has 2 aromatic heterocycles. The first-order valence-electron chi connectivity index (χ1n) is 5.68. The first-order valence-corrected chi connectivity index (χ1v) is 5.68. The number of nitrogens with two attached hydrogens (primary N) is 1. The van der Waals surface area contributed by atoms with E-state index in [-0.39, 0.29) is 11.8 Å². The van der Waals surface area contributed by atoms with Gasteiger partial charge < -0.3 is 10.2 Å². The summed E-state index contributed by atoms with van der Waals surface area (Å²) in [5, 5.41) is 6.39. The number of nitrogen functional groups attached to an aromatic ring is 1. The van der Waals surface area contributed by atoms with Gasteiger partial charge in [0.25, 0.3) is 0 Å². The first-order chi connectivity index (χ1) is 9.13. The van der Waals surface area contributed by atoms with Gasteiger partial charge in [-0.25, -0.2) is 4.39 Å². The molecule has 0 amide bonds. The molecule has 0 aliphatic heterocycles. The summed E-state index contributed by atoms with van der Waals surface area (Å²) in [4.78, 5) is 3.97. The van der Waals surface area contributed by atoms with Crippen molar-refractivity contribution in [3.8, 4) is 22.9 Å². The maximum absolute atomic E-state index is 13.3. The van der Waals surface area contributed by atoms with Gasteiger partial charge >= 0.3 is 0 Å². The van der Waals surface area contributed by atoms with E-state index in [2.05, 4.69) is 15.2 Å². The summed E-state index contributed by atoms with van der Waals surface area (Å²) in [7, 11) is 0. The van der Waals surface area contributed by atoms with E-state index in [4.69, 9.17) is 10.2 Å². The molecule has 0 atom stereocenters. The molecule has 0 bridgehead atoms. The molecule has 3 aromatic rings. The lowest BCUT2D eigenvalue weighted by Crippen LogP contribution is -1.85. The summed E-state index contributed by atoms with van der Waals surface area (Å²) < 4.78 is 18.9. The SMILES string of the molecule is Cc1ccc(F)cc1-c1ccc(-c2nc(N)n[nH]2)o1. The van der Waals surface area contributed by atoms with Crippen molar-refractivity contribution in [1.82, 2.24) is 15.2 Å². The number of nitrogens with zero attached hydrogens (tertiary/aromatic N) is 2. The highest BCUT2D eigenvalue weighted by atomic mass is 19.1. The van der Waals surface area contributed by atoms with Gasteiger partial charge in [-0.1, -0.05) is 6.07 Å². The van der Waals surface area contributed by atoms with Crippen LogP contribution in [0.5, 0.6) is 0 Å². The topological polar surface area (TPSA) is 80.7 Å². The summed E-state index contributed by atoms with van der Waals surface area (Å²) in [6.07, 6.45) is 0. The van der Waals surface area contributed by atoms with Gasteiger partial charge in [0.1, 0.15) is 11.6 Å². The molecule has 5 nitrogen and oxygen atoms in total. The number of rotatable bonds is 2. The van der Waals surface area contributed by atoms with Crippen LogP contribution in [0, 0.1) is 12.7 Å². The minimum Gasteiger partial charge on any atom is -0.453 e. The van der Waals surface area contributed by atoms with Gasteiger partial charge in [0.05, 0.1) is 0 Å². The molecular weight excluding hydrogens is 247 g/mol. The standard InChI is InChI=1S/C13H11FN4O/c1-7-2-3-8(14)6-9(7)10-4-5-11(19-10)12-16-13(15)18-17-12/h2-6H,1H3,(H3,15,16,17,18). The fourth-order valence-corrected chi connectivity index (χ4v) is 1.85. The Hall–Kier alpha value is -2.63. The van der Waals surface area contributed by atoms with E-state index in [9.17, 15) is 4.39 Å². The number of hydrogen-bond acceptors (Lipinski definition) is 4. The summed E-state index contributed by atoms with van der Waals surface area (Å²) in [5.74, 6) is 1.36. The number of benzene rings is 1. The minimum atomic E-state index is -0.303. The maximum atomic E-state index is 13.3. The van der Waals surface area contributed by atoms with Crippen LogP contribution in [0.1, 0.15) is 5.56 Å². The third-order valence-corrected chi connectivity index (χ3v) is 2.81. The predicted octanol–water partition coefficient (Wildman–Crippen LogP) is 2.76. The number of aromatic amines is 1. The largest absolute Gasteiger partial charge is 0.453 e. The molecule has 1 aromatic carbocycles. The highest BCUT2D eigenvalue weighted by molar-refractivity contribution is 5.65. The zero-order valence-corrected chi connectivity index (χ0v) is 10.1. The molecule has 0 saturated heterocycles. The van der Waals surface area contributed by atoms with Crippen LogP contribution < -0.4 is 5.73 Å². The van der Waals surface area contributed by atoms with Crippen molar-refractivity contribution in [3.63, 3.8) is 0 Å². The number of aryl methyl sites for hydroxylation is 1. The molecule has 0 radical (unpaired) electrons. The number of furan rings is 1. The van der Waals surface area contributed by atoms with Crippen molar-refractivity contribution in [2.45, 2.75) is 6.92 Å². The van der Waals surface area contributed by atoms with E-state index < -0.39 is 0 Å². The summed E-state index contributed by atoms with van der Waals surface area (Å²) in [6, 6.07) is 8.06.